The van der Waals surface area contributed by atoms with E-state index in [1.165, 1.54) is 12.1 Å². The van der Waals surface area contributed by atoms with Gasteiger partial charge in [-0.05, 0) is 53.8 Å². The second kappa shape index (κ2) is 11.8. The van der Waals surface area contributed by atoms with Gasteiger partial charge >= 0.3 is 0 Å². The van der Waals surface area contributed by atoms with Gasteiger partial charge in [-0.2, -0.15) is 0 Å². The molecule has 0 aliphatic carbocycles. The quantitative estimate of drug-likeness (QED) is 0.391. The third-order valence-corrected chi connectivity index (χ3v) is 5.98. The minimum atomic E-state index is -0.378. The predicted octanol–water partition coefficient (Wildman–Crippen LogP) is 5.78. The molecule has 0 aliphatic rings. The fraction of sp³-hybridized carbons (Fsp3) is 0.292. The number of carbonyl (C=O) groups is 1. The first-order chi connectivity index (χ1) is 15.9. The molecular weight excluding hydrogens is 465 g/mol. The summed E-state index contributed by atoms with van der Waals surface area (Å²) in [7, 11) is 1.58. The lowest BCUT2D eigenvalue weighted by atomic mass is 10.1. The maximum absolute atomic E-state index is 13.0. The molecule has 1 N–H and O–H groups in total. The van der Waals surface area contributed by atoms with Crippen LogP contribution in [0, 0.1) is 11.7 Å². The molecule has 1 aromatic heterocycles. The van der Waals surface area contributed by atoms with Crippen LogP contribution in [0.1, 0.15) is 46.2 Å². The first-order valence-corrected chi connectivity index (χ1v) is 11.6. The summed E-state index contributed by atoms with van der Waals surface area (Å²) in [5.74, 6) is 1.12. The second-order valence-corrected chi connectivity index (χ2v) is 9.04. The zero-order valence-corrected chi connectivity index (χ0v) is 20.2. The SMILES string of the molecule is COc1cc(/C=C(\Cl)c2nnc(C(=O)NCc3ccc(F)cc3)s2)ccc1OCCC(C)C. The zero-order chi connectivity index (χ0) is 23.8. The molecule has 0 atom stereocenters. The summed E-state index contributed by atoms with van der Waals surface area (Å²) >= 11 is 7.51. The number of rotatable bonds is 10. The third kappa shape index (κ3) is 7.27. The van der Waals surface area contributed by atoms with E-state index in [4.69, 9.17) is 21.1 Å². The molecule has 3 aromatic rings. The minimum absolute atomic E-state index is 0.185. The molecule has 0 aliphatic heterocycles. The molecule has 0 radical (unpaired) electrons. The van der Waals surface area contributed by atoms with Crippen molar-refractivity contribution >= 4 is 40.0 Å². The Morgan fingerprint density at radius 1 is 1.15 bits per heavy atom. The molecule has 3 rings (SSSR count). The Bertz CT molecular complexity index is 1120. The van der Waals surface area contributed by atoms with E-state index >= 15 is 0 Å². The zero-order valence-electron chi connectivity index (χ0n) is 18.6. The number of hydrogen-bond donors (Lipinski definition) is 1. The topological polar surface area (TPSA) is 73.3 Å². The monoisotopic (exact) mass is 489 g/mol. The number of aromatic nitrogens is 2. The summed E-state index contributed by atoms with van der Waals surface area (Å²) in [5, 5.41) is 11.6. The highest BCUT2D eigenvalue weighted by Crippen LogP contribution is 2.31. The second-order valence-electron chi connectivity index (χ2n) is 7.66. The molecule has 0 saturated heterocycles. The van der Waals surface area contributed by atoms with Gasteiger partial charge < -0.3 is 14.8 Å². The molecule has 174 valence electrons. The number of benzene rings is 2. The van der Waals surface area contributed by atoms with Crippen molar-refractivity contribution in [1.82, 2.24) is 15.5 Å². The summed E-state index contributed by atoms with van der Waals surface area (Å²) in [6, 6.07) is 11.4. The Balaban J connectivity index is 1.64. The Labute approximate surface area is 201 Å². The third-order valence-electron chi connectivity index (χ3n) is 4.62. The van der Waals surface area contributed by atoms with E-state index < -0.39 is 0 Å². The lowest BCUT2D eigenvalue weighted by Gasteiger charge is -2.12. The Morgan fingerprint density at radius 2 is 1.88 bits per heavy atom. The van der Waals surface area contributed by atoms with Crippen molar-refractivity contribution < 1.29 is 18.7 Å². The Kier molecular flexibility index (Phi) is 8.79. The van der Waals surface area contributed by atoms with Gasteiger partial charge in [-0.3, -0.25) is 4.79 Å². The number of methoxy groups -OCH3 is 1. The molecule has 0 spiro atoms. The van der Waals surface area contributed by atoms with Crippen LogP contribution >= 0.6 is 22.9 Å². The van der Waals surface area contributed by atoms with Gasteiger partial charge in [0.2, 0.25) is 5.01 Å². The molecule has 33 heavy (non-hydrogen) atoms. The van der Waals surface area contributed by atoms with Crippen LogP contribution in [0.5, 0.6) is 11.5 Å². The van der Waals surface area contributed by atoms with Crippen LogP contribution in [-0.2, 0) is 6.54 Å². The number of halogens is 2. The molecular formula is C24H25ClFN3O3S. The van der Waals surface area contributed by atoms with Gasteiger partial charge in [-0.15, -0.1) is 10.2 Å². The standard InChI is InChI=1S/C24H25ClFN3O3S/c1-15(2)10-11-32-20-9-6-17(13-21(20)31-3)12-19(25)23-28-29-24(33-23)22(30)27-14-16-4-7-18(26)8-5-16/h4-9,12-13,15H,10-11,14H2,1-3H3,(H,27,30)/b19-12-. The van der Waals surface area contributed by atoms with E-state index in [2.05, 4.69) is 29.4 Å². The smallest absolute Gasteiger partial charge is 0.282 e. The largest absolute Gasteiger partial charge is 0.493 e. The van der Waals surface area contributed by atoms with Crippen LogP contribution in [0.2, 0.25) is 0 Å². The van der Waals surface area contributed by atoms with Crippen molar-refractivity contribution in [3.63, 3.8) is 0 Å². The van der Waals surface area contributed by atoms with Crippen LogP contribution in [0.3, 0.4) is 0 Å². The number of ether oxygens (including phenoxy) is 2. The molecule has 6 nitrogen and oxygen atoms in total. The fourth-order valence-corrected chi connectivity index (χ4v) is 3.72. The molecule has 0 bridgehead atoms. The van der Waals surface area contributed by atoms with Gasteiger partial charge in [-0.1, -0.05) is 55.0 Å². The first kappa shape index (κ1) is 24.7. The number of carbonyl (C=O) groups excluding carboxylic acids is 1. The average Bonchev–Trinajstić information content (AvgIpc) is 3.30. The molecule has 9 heteroatoms. The maximum Gasteiger partial charge on any atom is 0.282 e. The maximum atomic E-state index is 13.0. The van der Waals surface area contributed by atoms with Crippen molar-refractivity contribution in [2.24, 2.45) is 5.92 Å². The fourth-order valence-electron chi connectivity index (χ4n) is 2.78. The molecule has 1 amide bonds. The Hall–Kier alpha value is -2.97. The highest BCUT2D eigenvalue weighted by Gasteiger charge is 2.15. The van der Waals surface area contributed by atoms with Crippen LogP contribution in [-0.4, -0.2) is 29.8 Å². The van der Waals surface area contributed by atoms with Crippen LogP contribution in [0.4, 0.5) is 4.39 Å². The van der Waals surface area contributed by atoms with Crippen molar-refractivity contribution in [3.8, 4) is 11.5 Å². The summed E-state index contributed by atoms with van der Waals surface area (Å²) in [6.07, 6.45) is 2.68. The highest BCUT2D eigenvalue weighted by molar-refractivity contribution is 7.15. The number of nitrogens with zero attached hydrogens (tertiary/aromatic N) is 2. The molecule has 0 saturated carbocycles. The highest BCUT2D eigenvalue weighted by atomic mass is 35.5. The van der Waals surface area contributed by atoms with Crippen molar-refractivity contribution in [3.05, 3.63) is 69.4 Å². The summed E-state index contributed by atoms with van der Waals surface area (Å²) < 4.78 is 24.2. The van der Waals surface area contributed by atoms with Gasteiger partial charge in [0, 0.05) is 6.54 Å². The van der Waals surface area contributed by atoms with E-state index in [0.717, 1.165) is 28.9 Å². The van der Waals surface area contributed by atoms with Crippen molar-refractivity contribution in [2.45, 2.75) is 26.8 Å². The van der Waals surface area contributed by atoms with Crippen LogP contribution < -0.4 is 14.8 Å². The summed E-state index contributed by atoms with van der Waals surface area (Å²) in [6.45, 7) is 5.15. The van der Waals surface area contributed by atoms with E-state index in [1.54, 1.807) is 25.3 Å². The van der Waals surface area contributed by atoms with Crippen molar-refractivity contribution in [1.29, 1.82) is 0 Å². The van der Waals surface area contributed by atoms with Gasteiger partial charge in [0.1, 0.15) is 5.82 Å². The van der Waals surface area contributed by atoms with E-state index in [9.17, 15) is 9.18 Å². The average molecular weight is 490 g/mol. The first-order valence-electron chi connectivity index (χ1n) is 10.4. The van der Waals surface area contributed by atoms with E-state index in [-0.39, 0.29) is 23.3 Å². The number of amides is 1. The van der Waals surface area contributed by atoms with Gasteiger partial charge in [0.15, 0.2) is 16.5 Å². The van der Waals surface area contributed by atoms with Gasteiger partial charge in [0.05, 0.1) is 18.7 Å². The minimum Gasteiger partial charge on any atom is -0.493 e. The van der Waals surface area contributed by atoms with Crippen LogP contribution in [0.15, 0.2) is 42.5 Å². The summed E-state index contributed by atoms with van der Waals surface area (Å²) in [5.41, 5.74) is 1.57. The van der Waals surface area contributed by atoms with Crippen molar-refractivity contribution in [2.75, 3.05) is 13.7 Å². The number of nitrogens with one attached hydrogen (secondary N) is 1. The molecule has 2 aromatic carbocycles. The van der Waals surface area contributed by atoms with E-state index in [1.807, 2.05) is 18.2 Å². The Morgan fingerprint density at radius 3 is 2.58 bits per heavy atom. The normalized spacial score (nSPS) is 11.5. The lowest BCUT2D eigenvalue weighted by molar-refractivity contribution is 0.0950. The van der Waals surface area contributed by atoms with E-state index in [0.29, 0.717) is 34.1 Å². The van der Waals surface area contributed by atoms with Gasteiger partial charge in [-0.25, -0.2) is 4.39 Å². The van der Waals surface area contributed by atoms with Gasteiger partial charge in [0.25, 0.3) is 5.91 Å². The summed E-state index contributed by atoms with van der Waals surface area (Å²) in [4.78, 5) is 12.4. The lowest BCUT2D eigenvalue weighted by Crippen LogP contribution is -2.22. The van der Waals surface area contributed by atoms with Crippen LogP contribution in [0.25, 0.3) is 11.1 Å². The molecule has 1 heterocycles. The predicted molar refractivity (Wildman–Crippen MR) is 129 cm³/mol. The number of hydrogen-bond acceptors (Lipinski definition) is 6. The molecule has 0 fully saturated rings. The molecule has 0 unspecified atom stereocenters.